The SMILES string of the molecule is Cc1c(C(=O)Nc2ccc(F)cc2)cnc2nc(C(F)(F)F)nn12. The molecule has 0 fully saturated rings. The van der Waals surface area contributed by atoms with Crippen LogP contribution in [0.2, 0.25) is 0 Å². The van der Waals surface area contributed by atoms with Crippen molar-refractivity contribution in [3.63, 3.8) is 0 Å². The van der Waals surface area contributed by atoms with Gasteiger partial charge in [0.05, 0.1) is 11.3 Å². The van der Waals surface area contributed by atoms with E-state index < -0.39 is 23.7 Å². The number of fused-ring (bicyclic) bond motifs is 1. The smallest absolute Gasteiger partial charge is 0.322 e. The summed E-state index contributed by atoms with van der Waals surface area (Å²) in [5, 5.41) is 5.83. The molecule has 0 aliphatic heterocycles. The van der Waals surface area contributed by atoms with Crippen molar-refractivity contribution in [2.24, 2.45) is 0 Å². The third-order valence-corrected chi connectivity index (χ3v) is 3.21. The molecule has 0 spiro atoms. The minimum absolute atomic E-state index is 0.0189. The highest BCUT2D eigenvalue weighted by Gasteiger charge is 2.36. The first kappa shape index (κ1) is 15.8. The number of aryl methyl sites for hydroxylation is 1. The summed E-state index contributed by atoms with van der Waals surface area (Å²) in [6.07, 6.45) is -3.60. The van der Waals surface area contributed by atoms with Crippen molar-refractivity contribution in [3.05, 3.63) is 53.4 Å². The maximum atomic E-state index is 12.9. The summed E-state index contributed by atoms with van der Waals surface area (Å²) in [4.78, 5) is 19.2. The molecule has 0 saturated heterocycles. The number of hydrogen-bond donors (Lipinski definition) is 1. The van der Waals surface area contributed by atoms with Gasteiger partial charge >= 0.3 is 6.18 Å². The number of carbonyl (C=O) groups excluding carboxylic acids is 1. The number of hydrogen-bond acceptors (Lipinski definition) is 4. The monoisotopic (exact) mass is 339 g/mol. The lowest BCUT2D eigenvalue weighted by atomic mass is 10.2. The third kappa shape index (κ3) is 2.90. The Bertz CT molecular complexity index is 917. The van der Waals surface area contributed by atoms with Crippen molar-refractivity contribution in [1.82, 2.24) is 19.6 Å². The summed E-state index contributed by atoms with van der Waals surface area (Å²) in [6.45, 7) is 1.42. The van der Waals surface area contributed by atoms with Gasteiger partial charge in [-0.3, -0.25) is 4.79 Å². The van der Waals surface area contributed by atoms with Crippen molar-refractivity contribution in [1.29, 1.82) is 0 Å². The third-order valence-electron chi connectivity index (χ3n) is 3.21. The number of rotatable bonds is 2. The maximum absolute atomic E-state index is 12.9. The van der Waals surface area contributed by atoms with Crippen LogP contribution >= 0.6 is 0 Å². The van der Waals surface area contributed by atoms with E-state index in [1.165, 1.54) is 19.1 Å². The van der Waals surface area contributed by atoms with Crippen molar-refractivity contribution in [2.45, 2.75) is 13.1 Å². The van der Waals surface area contributed by atoms with Crippen LogP contribution in [0.15, 0.2) is 30.5 Å². The van der Waals surface area contributed by atoms with Gasteiger partial charge in [0.15, 0.2) is 0 Å². The number of halogens is 4. The fraction of sp³-hybridized carbons (Fsp3) is 0.143. The molecule has 0 unspecified atom stereocenters. The normalized spacial score (nSPS) is 11.7. The van der Waals surface area contributed by atoms with Crippen molar-refractivity contribution >= 4 is 17.4 Å². The van der Waals surface area contributed by atoms with Gasteiger partial charge < -0.3 is 5.32 Å². The molecule has 0 aliphatic rings. The van der Waals surface area contributed by atoms with E-state index in [0.717, 1.165) is 22.8 Å². The Kier molecular flexibility index (Phi) is 3.66. The van der Waals surface area contributed by atoms with Gasteiger partial charge in [0.2, 0.25) is 0 Å². The first-order chi connectivity index (χ1) is 11.3. The Labute approximate surface area is 132 Å². The molecule has 1 N–H and O–H groups in total. The second kappa shape index (κ2) is 5.55. The Hall–Kier alpha value is -3.04. The number of nitrogens with one attached hydrogen (secondary N) is 1. The number of carbonyl (C=O) groups is 1. The first-order valence-electron chi connectivity index (χ1n) is 6.62. The molecule has 3 rings (SSSR count). The van der Waals surface area contributed by atoms with E-state index in [0.29, 0.717) is 5.69 Å². The molecule has 1 amide bonds. The topological polar surface area (TPSA) is 72.2 Å². The van der Waals surface area contributed by atoms with Crippen LogP contribution in [0.4, 0.5) is 23.2 Å². The average Bonchev–Trinajstić information content (AvgIpc) is 2.95. The Morgan fingerprint density at radius 3 is 2.50 bits per heavy atom. The van der Waals surface area contributed by atoms with E-state index in [4.69, 9.17) is 0 Å². The summed E-state index contributed by atoms with van der Waals surface area (Å²) >= 11 is 0. The van der Waals surface area contributed by atoms with Crippen LogP contribution in [0, 0.1) is 12.7 Å². The van der Waals surface area contributed by atoms with Gasteiger partial charge in [-0.1, -0.05) is 0 Å². The van der Waals surface area contributed by atoms with Crippen LogP contribution in [0.25, 0.3) is 5.78 Å². The predicted molar refractivity (Wildman–Crippen MR) is 74.9 cm³/mol. The predicted octanol–water partition coefficient (Wildman–Crippen LogP) is 2.84. The maximum Gasteiger partial charge on any atom is 0.453 e. The highest BCUT2D eigenvalue weighted by molar-refractivity contribution is 6.04. The standard InChI is InChI=1S/C14H9F4N5O/c1-7-10(11(24)20-9-4-2-8(15)3-5-9)6-19-13-21-12(14(16,17)18)22-23(7)13/h2-6H,1H3,(H,20,24). The van der Waals surface area contributed by atoms with Crippen LogP contribution in [0.3, 0.4) is 0 Å². The molecule has 2 aromatic heterocycles. The van der Waals surface area contributed by atoms with Crippen LogP contribution in [0.1, 0.15) is 21.9 Å². The molecule has 0 saturated carbocycles. The van der Waals surface area contributed by atoms with Crippen molar-refractivity contribution in [3.8, 4) is 0 Å². The number of benzene rings is 1. The van der Waals surface area contributed by atoms with E-state index in [2.05, 4.69) is 20.4 Å². The Morgan fingerprint density at radius 2 is 1.88 bits per heavy atom. The zero-order valence-electron chi connectivity index (χ0n) is 12.1. The van der Waals surface area contributed by atoms with Gasteiger partial charge in [-0.2, -0.15) is 18.2 Å². The fourth-order valence-electron chi connectivity index (χ4n) is 2.02. The van der Waals surface area contributed by atoms with Gasteiger partial charge in [0.1, 0.15) is 5.82 Å². The Balaban J connectivity index is 1.95. The van der Waals surface area contributed by atoms with Crippen molar-refractivity contribution in [2.75, 3.05) is 5.32 Å². The lowest BCUT2D eigenvalue weighted by Crippen LogP contribution is -2.16. The van der Waals surface area contributed by atoms with Gasteiger partial charge in [0, 0.05) is 11.9 Å². The highest BCUT2D eigenvalue weighted by atomic mass is 19.4. The summed E-state index contributed by atoms with van der Waals surface area (Å²) in [5.74, 6) is -2.68. The van der Waals surface area contributed by atoms with E-state index in [1.807, 2.05) is 0 Å². The largest absolute Gasteiger partial charge is 0.453 e. The number of alkyl halides is 3. The summed E-state index contributed by atoms with van der Waals surface area (Å²) in [7, 11) is 0. The summed E-state index contributed by atoms with van der Waals surface area (Å²) in [6, 6.07) is 5.03. The lowest BCUT2D eigenvalue weighted by molar-refractivity contribution is -0.144. The Morgan fingerprint density at radius 1 is 1.21 bits per heavy atom. The molecule has 1 aromatic carbocycles. The average molecular weight is 339 g/mol. The molecule has 6 nitrogen and oxygen atoms in total. The molecular formula is C14H9F4N5O. The molecule has 0 aliphatic carbocycles. The van der Waals surface area contributed by atoms with Crippen LogP contribution in [-0.2, 0) is 6.18 Å². The first-order valence-corrected chi connectivity index (χ1v) is 6.62. The molecule has 3 aromatic rings. The second-order valence-electron chi connectivity index (χ2n) is 4.86. The molecule has 0 radical (unpaired) electrons. The summed E-state index contributed by atoms with van der Waals surface area (Å²) < 4.78 is 51.7. The minimum Gasteiger partial charge on any atom is -0.322 e. The van der Waals surface area contributed by atoms with Gasteiger partial charge in [-0.25, -0.2) is 13.9 Å². The van der Waals surface area contributed by atoms with E-state index in [9.17, 15) is 22.4 Å². The van der Waals surface area contributed by atoms with Crippen LogP contribution in [0.5, 0.6) is 0 Å². The van der Waals surface area contributed by atoms with Gasteiger partial charge in [0.25, 0.3) is 17.5 Å². The second-order valence-corrected chi connectivity index (χ2v) is 4.86. The minimum atomic E-state index is -4.71. The number of anilines is 1. The number of nitrogens with zero attached hydrogens (tertiary/aromatic N) is 4. The number of amides is 1. The zero-order valence-corrected chi connectivity index (χ0v) is 12.1. The quantitative estimate of drug-likeness (QED) is 0.729. The van der Waals surface area contributed by atoms with Crippen LogP contribution < -0.4 is 5.32 Å². The molecule has 24 heavy (non-hydrogen) atoms. The van der Waals surface area contributed by atoms with Crippen LogP contribution in [-0.4, -0.2) is 25.5 Å². The fourth-order valence-corrected chi connectivity index (χ4v) is 2.02. The molecule has 2 heterocycles. The molecule has 124 valence electrons. The van der Waals surface area contributed by atoms with Crippen molar-refractivity contribution < 1.29 is 22.4 Å². The zero-order chi connectivity index (χ0) is 17.5. The molecule has 10 heteroatoms. The van der Waals surface area contributed by atoms with E-state index in [1.54, 1.807) is 0 Å². The van der Waals surface area contributed by atoms with E-state index >= 15 is 0 Å². The van der Waals surface area contributed by atoms with E-state index in [-0.39, 0.29) is 17.0 Å². The summed E-state index contributed by atoms with van der Waals surface area (Å²) in [5.41, 5.74) is 0.489. The molecule has 0 atom stereocenters. The molecular weight excluding hydrogens is 330 g/mol. The molecule has 0 bridgehead atoms. The lowest BCUT2D eigenvalue weighted by Gasteiger charge is -2.08. The van der Waals surface area contributed by atoms with Gasteiger partial charge in [-0.15, -0.1) is 5.10 Å². The van der Waals surface area contributed by atoms with Gasteiger partial charge in [-0.05, 0) is 31.2 Å². The number of aromatic nitrogens is 4. The highest BCUT2D eigenvalue weighted by Crippen LogP contribution is 2.26.